The van der Waals surface area contributed by atoms with Gasteiger partial charge in [-0.3, -0.25) is 0 Å². The summed E-state index contributed by atoms with van der Waals surface area (Å²) in [5.74, 6) is 0. The van der Waals surface area contributed by atoms with Crippen LogP contribution in [0.25, 0.3) is 54.6 Å². The summed E-state index contributed by atoms with van der Waals surface area (Å²) in [6, 6.07) is 53.9. The molecule has 8 aromatic rings. The van der Waals surface area contributed by atoms with E-state index in [1.54, 1.807) is 0 Å². The molecule has 0 aliphatic carbocycles. The maximum atomic E-state index is 6.18. The van der Waals surface area contributed by atoms with Crippen LogP contribution in [0.5, 0.6) is 0 Å². The highest BCUT2D eigenvalue weighted by Gasteiger charge is 2.21. The predicted octanol–water partition coefficient (Wildman–Crippen LogP) is 11.0. The van der Waals surface area contributed by atoms with Gasteiger partial charge in [-0.15, -0.1) is 0 Å². The number of furan rings is 1. The summed E-state index contributed by atoms with van der Waals surface area (Å²) < 4.78 is 6.18. The van der Waals surface area contributed by atoms with Crippen LogP contribution in [0.4, 0.5) is 17.1 Å². The zero-order valence-electron chi connectivity index (χ0n) is 21.8. The van der Waals surface area contributed by atoms with Crippen LogP contribution in [0.2, 0.25) is 0 Å². The fourth-order valence-corrected chi connectivity index (χ4v) is 6.02. The van der Waals surface area contributed by atoms with Gasteiger partial charge in [-0.2, -0.15) is 0 Å². The number of hydrogen-bond donors (Lipinski definition) is 0. The van der Waals surface area contributed by atoms with Crippen molar-refractivity contribution in [3.8, 4) is 11.1 Å². The third-order valence-electron chi connectivity index (χ3n) is 7.84. The molecule has 1 heterocycles. The van der Waals surface area contributed by atoms with Gasteiger partial charge in [0.2, 0.25) is 0 Å². The van der Waals surface area contributed by atoms with Crippen LogP contribution < -0.4 is 4.90 Å². The molecule has 40 heavy (non-hydrogen) atoms. The SMILES string of the molecule is c1ccc(N(c2ccc3ccccc3c2-c2ccc3oc4ccccc4c3c2)c2cccc3ccccc23)cc1. The van der Waals surface area contributed by atoms with Crippen LogP contribution in [-0.4, -0.2) is 0 Å². The van der Waals surface area contributed by atoms with Crippen molar-refractivity contribution >= 4 is 60.5 Å². The molecule has 2 nitrogen and oxygen atoms in total. The molecule has 0 amide bonds. The van der Waals surface area contributed by atoms with E-state index in [2.05, 4.69) is 144 Å². The Morgan fingerprint density at radius 1 is 0.400 bits per heavy atom. The first-order valence-electron chi connectivity index (χ1n) is 13.6. The van der Waals surface area contributed by atoms with Crippen molar-refractivity contribution in [3.63, 3.8) is 0 Å². The first-order valence-corrected chi connectivity index (χ1v) is 13.6. The fraction of sp³-hybridized carbons (Fsp3) is 0. The summed E-state index contributed by atoms with van der Waals surface area (Å²) in [4.78, 5) is 2.40. The lowest BCUT2D eigenvalue weighted by Gasteiger charge is -2.29. The Kier molecular flexibility index (Phi) is 5.17. The summed E-state index contributed by atoms with van der Waals surface area (Å²) in [6.45, 7) is 0. The van der Waals surface area contributed by atoms with Gasteiger partial charge in [0.15, 0.2) is 0 Å². The normalized spacial score (nSPS) is 11.5. The maximum absolute atomic E-state index is 6.18. The van der Waals surface area contributed by atoms with Gasteiger partial charge in [0.25, 0.3) is 0 Å². The number of fused-ring (bicyclic) bond motifs is 5. The third kappa shape index (κ3) is 3.58. The summed E-state index contributed by atoms with van der Waals surface area (Å²) >= 11 is 0. The lowest BCUT2D eigenvalue weighted by atomic mass is 9.93. The molecule has 7 aromatic carbocycles. The number of hydrogen-bond acceptors (Lipinski definition) is 2. The predicted molar refractivity (Wildman–Crippen MR) is 169 cm³/mol. The molecule has 0 saturated heterocycles. The van der Waals surface area contributed by atoms with Crippen LogP contribution in [0, 0.1) is 0 Å². The Morgan fingerprint density at radius 3 is 1.90 bits per heavy atom. The van der Waals surface area contributed by atoms with Crippen LogP contribution in [0.15, 0.2) is 156 Å². The molecule has 0 radical (unpaired) electrons. The average Bonchev–Trinajstić information content (AvgIpc) is 3.40. The first kappa shape index (κ1) is 22.6. The summed E-state index contributed by atoms with van der Waals surface area (Å²) in [7, 11) is 0. The van der Waals surface area contributed by atoms with E-state index in [0.717, 1.165) is 44.6 Å². The monoisotopic (exact) mass is 511 g/mol. The maximum Gasteiger partial charge on any atom is 0.135 e. The van der Waals surface area contributed by atoms with Crippen LogP contribution in [-0.2, 0) is 0 Å². The van der Waals surface area contributed by atoms with E-state index in [-0.39, 0.29) is 0 Å². The Hall–Kier alpha value is -5.34. The smallest absolute Gasteiger partial charge is 0.135 e. The molecule has 0 fully saturated rings. The third-order valence-corrected chi connectivity index (χ3v) is 7.84. The van der Waals surface area contributed by atoms with Gasteiger partial charge in [-0.25, -0.2) is 0 Å². The van der Waals surface area contributed by atoms with E-state index in [0.29, 0.717) is 0 Å². The van der Waals surface area contributed by atoms with Gasteiger partial charge in [0, 0.05) is 27.4 Å². The minimum atomic E-state index is 0.903. The molecule has 0 atom stereocenters. The molecule has 0 aliphatic heterocycles. The quantitative estimate of drug-likeness (QED) is 0.234. The molecular weight excluding hydrogens is 486 g/mol. The van der Waals surface area contributed by atoms with Crippen molar-refractivity contribution in [3.05, 3.63) is 152 Å². The Bertz CT molecular complexity index is 2170. The molecule has 2 heteroatoms. The van der Waals surface area contributed by atoms with Crippen molar-refractivity contribution in [1.82, 2.24) is 0 Å². The van der Waals surface area contributed by atoms with Gasteiger partial charge >= 0.3 is 0 Å². The molecule has 0 bridgehead atoms. The molecule has 0 aliphatic rings. The number of rotatable bonds is 4. The van der Waals surface area contributed by atoms with E-state index in [4.69, 9.17) is 4.42 Å². The molecule has 1 aromatic heterocycles. The second-order valence-electron chi connectivity index (χ2n) is 10.2. The van der Waals surface area contributed by atoms with E-state index in [1.165, 1.54) is 27.1 Å². The lowest BCUT2D eigenvalue weighted by molar-refractivity contribution is 0.669. The number of nitrogens with zero attached hydrogens (tertiary/aromatic N) is 1. The van der Waals surface area contributed by atoms with Crippen LogP contribution in [0.3, 0.4) is 0 Å². The summed E-state index contributed by atoms with van der Waals surface area (Å²) in [5.41, 5.74) is 7.57. The minimum Gasteiger partial charge on any atom is -0.456 e. The topological polar surface area (TPSA) is 16.4 Å². The average molecular weight is 512 g/mol. The zero-order chi connectivity index (χ0) is 26.5. The lowest BCUT2D eigenvalue weighted by Crippen LogP contribution is -2.12. The zero-order valence-corrected chi connectivity index (χ0v) is 21.8. The number of para-hydroxylation sites is 2. The van der Waals surface area contributed by atoms with E-state index >= 15 is 0 Å². The van der Waals surface area contributed by atoms with Gasteiger partial charge in [0.05, 0.1) is 11.4 Å². The van der Waals surface area contributed by atoms with Crippen molar-refractivity contribution in [2.45, 2.75) is 0 Å². The van der Waals surface area contributed by atoms with Crippen LogP contribution in [0.1, 0.15) is 0 Å². The largest absolute Gasteiger partial charge is 0.456 e. The van der Waals surface area contributed by atoms with Crippen molar-refractivity contribution in [2.24, 2.45) is 0 Å². The summed E-state index contributed by atoms with van der Waals surface area (Å²) in [6.07, 6.45) is 0. The Balaban J connectivity index is 1.47. The van der Waals surface area contributed by atoms with Crippen molar-refractivity contribution in [2.75, 3.05) is 4.90 Å². The Morgan fingerprint density at radius 2 is 1.05 bits per heavy atom. The molecule has 0 N–H and O–H groups in total. The minimum absolute atomic E-state index is 0.903. The second kappa shape index (κ2) is 9.14. The molecule has 0 unspecified atom stereocenters. The second-order valence-corrected chi connectivity index (χ2v) is 10.2. The van der Waals surface area contributed by atoms with Crippen molar-refractivity contribution in [1.29, 1.82) is 0 Å². The highest BCUT2D eigenvalue weighted by Crippen LogP contribution is 2.46. The summed E-state index contributed by atoms with van der Waals surface area (Å²) in [5, 5.41) is 7.12. The fourth-order valence-electron chi connectivity index (χ4n) is 6.02. The van der Waals surface area contributed by atoms with E-state index in [9.17, 15) is 0 Å². The van der Waals surface area contributed by atoms with Gasteiger partial charge < -0.3 is 9.32 Å². The standard InChI is InChI=1S/C38H25NO/c1-2-14-29(15-3-1)39(34-19-10-13-26-11-4-6-16-30(26)34)35-23-21-27-12-5-7-17-31(27)38(35)28-22-24-37-33(25-28)32-18-8-9-20-36(32)40-37/h1-25H. The first-order chi connectivity index (χ1) is 19.8. The van der Waals surface area contributed by atoms with E-state index < -0.39 is 0 Å². The highest BCUT2D eigenvalue weighted by atomic mass is 16.3. The molecule has 0 spiro atoms. The molecular formula is C38H25NO. The van der Waals surface area contributed by atoms with Gasteiger partial charge in [0.1, 0.15) is 11.2 Å². The molecule has 0 saturated carbocycles. The van der Waals surface area contributed by atoms with Crippen molar-refractivity contribution < 1.29 is 4.42 Å². The Labute approximate surface area is 232 Å². The number of benzene rings is 7. The van der Waals surface area contributed by atoms with Gasteiger partial charge in [-0.05, 0) is 64.2 Å². The van der Waals surface area contributed by atoms with E-state index in [1.807, 2.05) is 12.1 Å². The molecule has 188 valence electrons. The number of anilines is 3. The van der Waals surface area contributed by atoms with Crippen LogP contribution >= 0.6 is 0 Å². The molecule has 8 rings (SSSR count). The highest BCUT2D eigenvalue weighted by molar-refractivity contribution is 6.11. The van der Waals surface area contributed by atoms with Gasteiger partial charge in [-0.1, -0.05) is 109 Å².